The fraction of sp³-hybridized carbons (Fsp3) is 0.333. The van der Waals surface area contributed by atoms with Crippen LogP contribution in [0.15, 0.2) is 53.9 Å². The molecule has 5 rings (SSSR count). The van der Waals surface area contributed by atoms with Gasteiger partial charge in [-0.25, -0.2) is 4.98 Å². The quantitative estimate of drug-likeness (QED) is 0.717. The third-order valence-corrected chi connectivity index (χ3v) is 5.27. The number of ether oxygens (including phenoxy) is 1. The summed E-state index contributed by atoms with van der Waals surface area (Å²) in [6.07, 6.45) is 7.05. The van der Waals surface area contributed by atoms with Gasteiger partial charge in [0.15, 0.2) is 0 Å². The van der Waals surface area contributed by atoms with E-state index in [1.807, 2.05) is 30.6 Å². The minimum absolute atomic E-state index is 0.798. The zero-order chi connectivity index (χ0) is 18.1. The maximum absolute atomic E-state index is 5.49. The van der Waals surface area contributed by atoms with Crippen LogP contribution in [0.1, 0.15) is 16.8 Å². The first-order valence-electron chi connectivity index (χ1n) is 9.53. The average molecular weight is 361 g/mol. The Morgan fingerprint density at radius 3 is 2.85 bits per heavy atom. The summed E-state index contributed by atoms with van der Waals surface area (Å²) in [5.74, 6) is 0. The molecule has 0 saturated carbocycles. The molecule has 4 heterocycles. The van der Waals surface area contributed by atoms with Crippen LogP contribution in [0, 0.1) is 0 Å². The Morgan fingerprint density at radius 2 is 1.96 bits per heavy atom. The van der Waals surface area contributed by atoms with Gasteiger partial charge in [0.05, 0.1) is 31.7 Å². The van der Waals surface area contributed by atoms with Gasteiger partial charge in [0.25, 0.3) is 0 Å². The molecule has 6 heteroatoms. The summed E-state index contributed by atoms with van der Waals surface area (Å²) in [7, 11) is 0. The molecule has 1 aromatic carbocycles. The zero-order valence-corrected chi connectivity index (χ0v) is 15.3. The molecule has 2 aromatic heterocycles. The summed E-state index contributed by atoms with van der Waals surface area (Å²) in [6.45, 7) is 5.20. The minimum atomic E-state index is 0.798. The lowest BCUT2D eigenvalue weighted by Gasteiger charge is -2.32. The smallest absolute Gasteiger partial charge is 0.136 e. The number of hydrazone groups is 1. The van der Waals surface area contributed by atoms with Crippen molar-refractivity contribution in [3.05, 3.63) is 65.6 Å². The lowest BCUT2D eigenvalue weighted by molar-refractivity contribution is 0.122. The van der Waals surface area contributed by atoms with E-state index in [1.165, 1.54) is 16.8 Å². The lowest BCUT2D eigenvalue weighted by atomic mass is 10.0. The van der Waals surface area contributed by atoms with Crippen LogP contribution in [0.4, 0.5) is 5.69 Å². The largest absolute Gasteiger partial charge is 0.378 e. The first-order valence-corrected chi connectivity index (χ1v) is 9.53. The number of imidazole rings is 1. The van der Waals surface area contributed by atoms with Crippen molar-refractivity contribution in [1.29, 1.82) is 0 Å². The zero-order valence-electron chi connectivity index (χ0n) is 15.3. The predicted molar refractivity (Wildman–Crippen MR) is 106 cm³/mol. The van der Waals surface area contributed by atoms with Gasteiger partial charge in [0.2, 0.25) is 0 Å². The number of morpholine rings is 1. The van der Waals surface area contributed by atoms with E-state index < -0.39 is 0 Å². The normalized spacial score (nSPS) is 16.7. The van der Waals surface area contributed by atoms with Crippen molar-refractivity contribution in [2.45, 2.75) is 13.0 Å². The molecule has 138 valence electrons. The Bertz CT molecular complexity index is 941. The number of hydrogen-bond donors (Lipinski definition) is 0. The molecule has 2 aliphatic rings. The highest BCUT2D eigenvalue weighted by molar-refractivity contribution is 5.90. The van der Waals surface area contributed by atoms with Crippen molar-refractivity contribution in [3.8, 4) is 0 Å². The van der Waals surface area contributed by atoms with Gasteiger partial charge in [-0.15, -0.1) is 0 Å². The van der Waals surface area contributed by atoms with Gasteiger partial charge in [-0.2, -0.15) is 5.10 Å². The Labute approximate surface area is 158 Å². The topological polar surface area (TPSA) is 45.4 Å². The third-order valence-electron chi connectivity index (χ3n) is 5.27. The van der Waals surface area contributed by atoms with Crippen molar-refractivity contribution >= 4 is 17.5 Å². The standard InChI is InChI=1S/C21H23N5O/c1-2-8-25-16-18(23-21(25)6-1)7-9-26-15-17-4-3-5-20(19(17)14-22-26)24-10-12-27-13-11-24/h1-6,8,14,16H,7,9-13,15H2. The fourth-order valence-electron chi connectivity index (χ4n) is 3.83. The molecule has 0 radical (unpaired) electrons. The maximum Gasteiger partial charge on any atom is 0.136 e. The molecule has 0 bridgehead atoms. The first kappa shape index (κ1) is 16.3. The molecular weight excluding hydrogens is 338 g/mol. The summed E-state index contributed by atoms with van der Waals surface area (Å²) in [5, 5.41) is 6.85. The predicted octanol–water partition coefficient (Wildman–Crippen LogP) is 2.56. The molecule has 0 unspecified atom stereocenters. The summed E-state index contributed by atoms with van der Waals surface area (Å²) in [5.41, 5.74) is 5.96. The van der Waals surface area contributed by atoms with Crippen molar-refractivity contribution in [2.24, 2.45) is 5.10 Å². The number of benzene rings is 1. The van der Waals surface area contributed by atoms with E-state index in [1.54, 1.807) is 0 Å². The van der Waals surface area contributed by atoms with Crippen LogP contribution in [-0.4, -0.2) is 53.5 Å². The summed E-state index contributed by atoms with van der Waals surface area (Å²) in [6, 6.07) is 12.6. The monoisotopic (exact) mass is 361 g/mol. The van der Waals surface area contributed by atoms with Gasteiger partial charge >= 0.3 is 0 Å². The molecule has 1 saturated heterocycles. The molecule has 6 nitrogen and oxygen atoms in total. The van der Waals surface area contributed by atoms with Crippen LogP contribution in [-0.2, 0) is 17.7 Å². The highest BCUT2D eigenvalue weighted by atomic mass is 16.5. The number of hydrogen-bond acceptors (Lipinski definition) is 5. The molecule has 0 aliphatic carbocycles. The Hall–Kier alpha value is -2.86. The van der Waals surface area contributed by atoms with Crippen molar-refractivity contribution < 1.29 is 4.74 Å². The van der Waals surface area contributed by atoms with Crippen molar-refractivity contribution in [2.75, 3.05) is 37.7 Å². The van der Waals surface area contributed by atoms with Gasteiger partial charge < -0.3 is 14.0 Å². The van der Waals surface area contributed by atoms with E-state index in [9.17, 15) is 0 Å². The van der Waals surface area contributed by atoms with Crippen molar-refractivity contribution in [1.82, 2.24) is 14.4 Å². The molecule has 1 fully saturated rings. The van der Waals surface area contributed by atoms with Crippen LogP contribution < -0.4 is 4.90 Å². The minimum Gasteiger partial charge on any atom is -0.378 e. The number of anilines is 1. The van der Waals surface area contributed by atoms with Gasteiger partial charge in [-0.1, -0.05) is 18.2 Å². The molecule has 3 aromatic rings. The number of aromatic nitrogens is 2. The van der Waals surface area contributed by atoms with Gasteiger partial charge in [0.1, 0.15) is 5.65 Å². The molecule has 0 spiro atoms. The van der Waals surface area contributed by atoms with Crippen molar-refractivity contribution in [3.63, 3.8) is 0 Å². The molecule has 27 heavy (non-hydrogen) atoms. The molecule has 0 N–H and O–H groups in total. The Balaban J connectivity index is 1.29. The van der Waals surface area contributed by atoms with E-state index in [4.69, 9.17) is 9.84 Å². The van der Waals surface area contributed by atoms with Crippen LogP contribution in [0.3, 0.4) is 0 Å². The average Bonchev–Trinajstić information content (AvgIpc) is 3.15. The van der Waals surface area contributed by atoms with Crippen LogP contribution >= 0.6 is 0 Å². The van der Waals surface area contributed by atoms with E-state index in [2.05, 4.69) is 43.7 Å². The van der Waals surface area contributed by atoms with E-state index in [-0.39, 0.29) is 0 Å². The molecule has 0 amide bonds. The summed E-state index contributed by atoms with van der Waals surface area (Å²) < 4.78 is 7.56. The van der Waals surface area contributed by atoms with E-state index in [0.717, 1.165) is 57.2 Å². The van der Waals surface area contributed by atoms with Gasteiger partial charge in [0, 0.05) is 49.7 Å². The molecule has 0 atom stereocenters. The highest BCUT2D eigenvalue weighted by Gasteiger charge is 2.19. The maximum atomic E-state index is 5.49. The first-order chi connectivity index (χ1) is 13.4. The van der Waals surface area contributed by atoms with Gasteiger partial charge in [-0.3, -0.25) is 5.01 Å². The number of fused-ring (bicyclic) bond motifs is 2. The fourth-order valence-corrected chi connectivity index (χ4v) is 3.83. The second-order valence-corrected chi connectivity index (χ2v) is 7.03. The van der Waals surface area contributed by atoms with Gasteiger partial charge in [-0.05, 0) is 23.8 Å². The second kappa shape index (κ2) is 7.04. The number of pyridine rings is 1. The molecular formula is C21H23N5O. The molecule has 2 aliphatic heterocycles. The Morgan fingerprint density at radius 1 is 1.04 bits per heavy atom. The van der Waals surface area contributed by atoms with Crippen LogP contribution in [0.5, 0.6) is 0 Å². The Kier molecular flexibility index (Phi) is 4.26. The highest BCUT2D eigenvalue weighted by Crippen LogP contribution is 2.27. The van der Waals surface area contributed by atoms with E-state index in [0.29, 0.717) is 0 Å². The third kappa shape index (κ3) is 3.28. The number of nitrogens with zero attached hydrogens (tertiary/aromatic N) is 5. The van der Waals surface area contributed by atoms with Crippen LogP contribution in [0.25, 0.3) is 5.65 Å². The summed E-state index contributed by atoms with van der Waals surface area (Å²) in [4.78, 5) is 7.09. The van der Waals surface area contributed by atoms with Crippen LogP contribution in [0.2, 0.25) is 0 Å². The lowest BCUT2D eigenvalue weighted by Crippen LogP contribution is -2.37. The second-order valence-electron chi connectivity index (χ2n) is 7.03. The number of rotatable bonds is 4. The SMILES string of the molecule is C1=NN(CCc2cn3ccccc3n2)Cc2cccc(N3CCOCC3)c21. The van der Waals surface area contributed by atoms with E-state index >= 15 is 0 Å². The summed E-state index contributed by atoms with van der Waals surface area (Å²) >= 11 is 0.